The first-order valence-corrected chi connectivity index (χ1v) is 12.1. The summed E-state index contributed by atoms with van der Waals surface area (Å²) in [6.45, 7) is 5.42. The van der Waals surface area contributed by atoms with Crippen molar-refractivity contribution in [2.24, 2.45) is 0 Å². The maximum atomic E-state index is 12.8. The van der Waals surface area contributed by atoms with Crippen molar-refractivity contribution in [1.29, 1.82) is 0 Å². The molecule has 3 aromatic rings. The molecule has 0 spiro atoms. The molecule has 0 atom stereocenters. The number of rotatable bonds is 7. The first-order valence-electron chi connectivity index (χ1n) is 9.26. The Labute approximate surface area is 190 Å². The van der Waals surface area contributed by atoms with Crippen LogP contribution in [-0.4, -0.2) is 30.0 Å². The van der Waals surface area contributed by atoms with E-state index in [9.17, 15) is 13.2 Å². The van der Waals surface area contributed by atoms with Crippen molar-refractivity contribution in [3.8, 4) is 0 Å². The molecule has 31 heavy (non-hydrogen) atoms. The number of carbonyl (C=O) groups excluding carboxylic acids is 1. The molecular weight excluding hydrogens is 456 g/mol. The Balaban J connectivity index is 1.71. The number of aromatic nitrogens is 2. The van der Waals surface area contributed by atoms with Gasteiger partial charge >= 0.3 is 0 Å². The quantitative estimate of drug-likeness (QED) is 0.382. The van der Waals surface area contributed by atoms with Crippen LogP contribution in [0.15, 0.2) is 58.6 Å². The Morgan fingerprint density at radius 2 is 1.58 bits per heavy atom. The lowest BCUT2D eigenvalue weighted by Gasteiger charge is -2.13. The third-order valence-corrected chi connectivity index (χ3v) is 6.77. The monoisotopic (exact) mass is 476 g/mol. The number of hydrogen-bond donors (Lipinski definition) is 2. The molecule has 3 rings (SSSR count). The van der Waals surface area contributed by atoms with E-state index in [0.29, 0.717) is 27.1 Å². The van der Waals surface area contributed by atoms with Gasteiger partial charge in [-0.3, -0.25) is 9.52 Å². The number of hydrogen-bond acceptors (Lipinski definition) is 6. The lowest BCUT2D eigenvalue weighted by atomic mass is 10.2. The van der Waals surface area contributed by atoms with E-state index in [1.807, 2.05) is 19.9 Å². The zero-order chi connectivity index (χ0) is 22.6. The van der Waals surface area contributed by atoms with Gasteiger partial charge in [-0.05, 0) is 68.8 Å². The van der Waals surface area contributed by atoms with Gasteiger partial charge in [-0.2, -0.15) is 0 Å². The molecule has 2 aromatic carbocycles. The van der Waals surface area contributed by atoms with Crippen LogP contribution < -0.4 is 10.0 Å². The Morgan fingerprint density at radius 1 is 0.968 bits per heavy atom. The van der Waals surface area contributed by atoms with E-state index in [4.69, 9.17) is 11.6 Å². The number of aryl methyl sites for hydroxylation is 3. The molecule has 0 unspecified atom stereocenters. The topological polar surface area (TPSA) is 101 Å². The normalized spacial score (nSPS) is 11.2. The predicted octanol–water partition coefficient (Wildman–Crippen LogP) is 4.59. The second kappa shape index (κ2) is 9.67. The fraction of sp³-hybridized carbons (Fsp3) is 0.190. The van der Waals surface area contributed by atoms with Gasteiger partial charge < -0.3 is 5.32 Å². The molecule has 0 aliphatic rings. The second-order valence-electron chi connectivity index (χ2n) is 6.86. The van der Waals surface area contributed by atoms with Crippen molar-refractivity contribution in [3.63, 3.8) is 0 Å². The summed E-state index contributed by atoms with van der Waals surface area (Å²) in [6, 6.07) is 12.9. The van der Waals surface area contributed by atoms with Gasteiger partial charge in [0.15, 0.2) is 5.16 Å². The van der Waals surface area contributed by atoms with E-state index in [1.165, 1.54) is 17.8 Å². The molecule has 0 aliphatic carbocycles. The minimum Gasteiger partial charge on any atom is -0.325 e. The van der Waals surface area contributed by atoms with Gasteiger partial charge in [-0.25, -0.2) is 18.4 Å². The molecule has 1 aromatic heterocycles. The van der Waals surface area contributed by atoms with Crippen molar-refractivity contribution in [2.75, 3.05) is 15.8 Å². The fourth-order valence-electron chi connectivity index (χ4n) is 2.78. The van der Waals surface area contributed by atoms with E-state index in [1.54, 1.807) is 43.3 Å². The van der Waals surface area contributed by atoms with Crippen LogP contribution in [0.1, 0.15) is 17.0 Å². The molecule has 1 amide bonds. The first kappa shape index (κ1) is 23.1. The standard InChI is InChI=1S/C21H21ClN4O3S2/c1-13-4-7-18(25-20(27)12-30-21-23-14(2)10-15(3)24-21)11-19(13)31(28,29)26-17-8-5-16(22)6-9-17/h4-11,26H,12H2,1-3H3,(H,25,27). The molecule has 2 N–H and O–H groups in total. The van der Waals surface area contributed by atoms with Crippen molar-refractivity contribution < 1.29 is 13.2 Å². The van der Waals surface area contributed by atoms with Crippen molar-refractivity contribution in [1.82, 2.24) is 9.97 Å². The van der Waals surface area contributed by atoms with E-state index < -0.39 is 10.0 Å². The van der Waals surface area contributed by atoms with Crippen LogP contribution in [0.4, 0.5) is 11.4 Å². The Bertz CT molecular complexity index is 1200. The highest BCUT2D eigenvalue weighted by Crippen LogP contribution is 2.24. The molecule has 10 heteroatoms. The molecule has 0 bridgehead atoms. The number of amides is 1. The summed E-state index contributed by atoms with van der Waals surface area (Å²) in [5.41, 5.74) is 2.99. The number of benzene rings is 2. The minimum absolute atomic E-state index is 0.0746. The van der Waals surface area contributed by atoms with E-state index in [0.717, 1.165) is 11.4 Å². The molecular formula is C21H21ClN4O3S2. The number of halogens is 1. The van der Waals surface area contributed by atoms with Crippen LogP contribution in [0.25, 0.3) is 0 Å². The van der Waals surface area contributed by atoms with Crippen LogP contribution in [0.5, 0.6) is 0 Å². The van der Waals surface area contributed by atoms with Gasteiger partial charge in [0.25, 0.3) is 10.0 Å². The lowest BCUT2D eigenvalue weighted by molar-refractivity contribution is -0.113. The number of sulfonamides is 1. The minimum atomic E-state index is -3.85. The maximum absolute atomic E-state index is 12.8. The number of thioether (sulfide) groups is 1. The zero-order valence-corrected chi connectivity index (χ0v) is 19.5. The van der Waals surface area contributed by atoms with Gasteiger partial charge in [0, 0.05) is 27.8 Å². The molecule has 0 aliphatic heterocycles. The average molecular weight is 477 g/mol. The summed E-state index contributed by atoms with van der Waals surface area (Å²) in [6.07, 6.45) is 0. The summed E-state index contributed by atoms with van der Waals surface area (Å²) in [5, 5.41) is 3.76. The molecule has 0 fully saturated rings. The van der Waals surface area contributed by atoms with Crippen LogP contribution >= 0.6 is 23.4 Å². The molecule has 0 radical (unpaired) electrons. The largest absolute Gasteiger partial charge is 0.325 e. The van der Waals surface area contributed by atoms with Gasteiger partial charge in [-0.1, -0.05) is 29.4 Å². The second-order valence-corrected chi connectivity index (χ2v) is 9.89. The Morgan fingerprint density at radius 3 is 2.23 bits per heavy atom. The Hall–Kier alpha value is -2.62. The maximum Gasteiger partial charge on any atom is 0.262 e. The van der Waals surface area contributed by atoms with E-state index >= 15 is 0 Å². The fourth-order valence-corrected chi connectivity index (χ4v) is 4.99. The Kier molecular flexibility index (Phi) is 7.19. The smallest absolute Gasteiger partial charge is 0.262 e. The van der Waals surface area contributed by atoms with Crippen LogP contribution in [0.2, 0.25) is 5.02 Å². The zero-order valence-electron chi connectivity index (χ0n) is 17.1. The summed E-state index contributed by atoms with van der Waals surface area (Å²) >= 11 is 7.06. The molecule has 1 heterocycles. The number of nitrogens with zero attached hydrogens (tertiary/aromatic N) is 2. The number of nitrogens with one attached hydrogen (secondary N) is 2. The van der Waals surface area contributed by atoms with Crippen LogP contribution in [-0.2, 0) is 14.8 Å². The highest BCUT2D eigenvalue weighted by atomic mass is 35.5. The lowest BCUT2D eigenvalue weighted by Crippen LogP contribution is -2.17. The highest BCUT2D eigenvalue weighted by molar-refractivity contribution is 7.99. The van der Waals surface area contributed by atoms with E-state index in [-0.39, 0.29) is 16.6 Å². The van der Waals surface area contributed by atoms with Crippen molar-refractivity contribution in [2.45, 2.75) is 30.8 Å². The van der Waals surface area contributed by atoms with E-state index in [2.05, 4.69) is 20.0 Å². The first-order chi connectivity index (χ1) is 14.6. The summed E-state index contributed by atoms with van der Waals surface area (Å²) in [7, 11) is -3.85. The number of anilines is 2. The molecule has 0 saturated carbocycles. The SMILES string of the molecule is Cc1cc(C)nc(SCC(=O)Nc2ccc(C)c(S(=O)(=O)Nc3ccc(Cl)cc3)c2)n1. The van der Waals surface area contributed by atoms with Crippen LogP contribution in [0, 0.1) is 20.8 Å². The van der Waals surface area contributed by atoms with Gasteiger partial charge in [-0.15, -0.1) is 0 Å². The van der Waals surface area contributed by atoms with Gasteiger partial charge in [0.1, 0.15) is 0 Å². The van der Waals surface area contributed by atoms with Crippen molar-refractivity contribution in [3.05, 3.63) is 70.5 Å². The molecule has 7 nitrogen and oxygen atoms in total. The highest BCUT2D eigenvalue weighted by Gasteiger charge is 2.18. The number of carbonyl (C=O) groups is 1. The van der Waals surface area contributed by atoms with Crippen LogP contribution in [0.3, 0.4) is 0 Å². The summed E-state index contributed by atoms with van der Waals surface area (Å²) in [5.74, 6) is -0.187. The van der Waals surface area contributed by atoms with Gasteiger partial charge in [0.05, 0.1) is 10.6 Å². The average Bonchev–Trinajstić information content (AvgIpc) is 2.69. The summed E-state index contributed by atoms with van der Waals surface area (Å²) < 4.78 is 28.2. The molecule has 0 saturated heterocycles. The van der Waals surface area contributed by atoms with Crippen molar-refractivity contribution >= 4 is 50.7 Å². The molecule has 162 valence electrons. The van der Waals surface area contributed by atoms with Gasteiger partial charge in [0.2, 0.25) is 5.91 Å². The third-order valence-electron chi connectivity index (χ3n) is 4.15. The summed E-state index contributed by atoms with van der Waals surface area (Å²) in [4.78, 5) is 21.0. The predicted molar refractivity (Wildman–Crippen MR) is 124 cm³/mol. The third kappa shape index (κ3) is 6.43.